The topological polar surface area (TPSA) is 0 Å². The average Bonchev–Trinajstić information content (AvgIpc) is 2.14. The van der Waals surface area contributed by atoms with Gasteiger partial charge in [-0.2, -0.15) is 12.6 Å². The van der Waals surface area contributed by atoms with Crippen molar-refractivity contribution < 1.29 is 0 Å². The van der Waals surface area contributed by atoms with Crippen LogP contribution in [0.4, 0.5) is 0 Å². The third-order valence-electron chi connectivity index (χ3n) is 1.34. The van der Waals surface area contributed by atoms with Crippen molar-refractivity contribution in [3.05, 3.63) is 11.6 Å². The molecule has 0 aromatic rings. The molecule has 0 radical (unpaired) electrons. The lowest BCUT2D eigenvalue weighted by Crippen LogP contribution is -1.74. The van der Waals surface area contributed by atoms with Crippen LogP contribution < -0.4 is 0 Å². The third kappa shape index (κ3) is 1.23. The van der Waals surface area contributed by atoms with Gasteiger partial charge >= 0.3 is 0 Å². The van der Waals surface area contributed by atoms with Crippen molar-refractivity contribution in [1.29, 1.82) is 0 Å². The van der Waals surface area contributed by atoms with Crippen LogP contribution in [-0.4, -0.2) is 5.75 Å². The zero-order valence-corrected chi connectivity index (χ0v) is 5.25. The Kier molecular flexibility index (Phi) is 1.80. The maximum Gasteiger partial charge on any atom is 0.0112 e. The smallest absolute Gasteiger partial charge is 0.0112 e. The molecule has 1 aliphatic carbocycles. The summed E-state index contributed by atoms with van der Waals surface area (Å²) < 4.78 is 0. The zero-order valence-electron chi connectivity index (χ0n) is 4.35. The summed E-state index contributed by atoms with van der Waals surface area (Å²) in [5.41, 5.74) is 1.53. The van der Waals surface area contributed by atoms with E-state index in [9.17, 15) is 0 Å². The third-order valence-corrected chi connectivity index (χ3v) is 1.74. The standard InChI is InChI=1S/C6H10S/c7-5-6-3-1-2-4-6/h3,7H,1-2,4-5H2. The summed E-state index contributed by atoms with van der Waals surface area (Å²) in [6.45, 7) is 0. The fourth-order valence-electron chi connectivity index (χ4n) is 0.881. The quantitative estimate of drug-likeness (QED) is 0.391. The molecule has 0 nitrogen and oxygen atoms in total. The largest absolute Gasteiger partial charge is 0.175 e. The highest BCUT2D eigenvalue weighted by atomic mass is 32.1. The van der Waals surface area contributed by atoms with E-state index >= 15 is 0 Å². The molecule has 0 saturated carbocycles. The zero-order chi connectivity index (χ0) is 5.11. The van der Waals surface area contributed by atoms with Crippen molar-refractivity contribution in [2.24, 2.45) is 0 Å². The lowest BCUT2D eigenvalue weighted by atomic mass is 10.3. The normalized spacial score (nSPS) is 19.9. The Morgan fingerprint density at radius 2 is 2.57 bits per heavy atom. The molecule has 0 aliphatic heterocycles. The lowest BCUT2D eigenvalue weighted by molar-refractivity contribution is 0.908. The van der Waals surface area contributed by atoms with Gasteiger partial charge in [0.25, 0.3) is 0 Å². The summed E-state index contributed by atoms with van der Waals surface area (Å²) in [7, 11) is 0. The highest BCUT2D eigenvalue weighted by molar-refractivity contribution is 7.80. The van der Waals surface area contributed by atoms with E-state index in [0.29, 0.717) is 0 Å². The predicted molar refractivity (Wildman–Crippen MR) is 35.8 cm³/mol. The highest BCUT2D eigenvalue weighted by Crippen LogP contribution is 2.17. The van der Waals surface area contributed by atoms with Crippen LogP contribution in [0.2, 0.25) is 0 Å². The first kappa shape index (κ1) is 5.23. The van der Waals surface area contributed by atoms with Crippen molar-refractivity contribution in [1.82, 2.24) is 0 Å². The second kappa shape index (κ2) is 2.41. The van der Waals surface area contributed by atoms with Gasteiger partial charge in [-0.1, -0.05) is 11.6 Å². The van der Waals surface area contributed by atoms with Crippen LogP contribution >= 0.6 is 12.6 Å². The molecule has 1 aliphatic rings. The van der Waals surface area contributed by atoms with Crippen molar-refractivity contribution in [3.63, 3.8) is 0 Å². The summed E-state index contributed by atoms with van der Waals surface area (Å²) in [5.74, 6) is 0.972. The van der Waals surface area contributed by atoms with E-state index in [4.69, 9.17) is 0 Å². The summed E-state index contributed by atoms with van der Waals surface area (Å²) in [6, 6.07) is 0. The minimum atomic E-state index is 0.972. The van der Waals surface area contributed by atoms with Gasteiger partial charge in [0.15, 0.2) is 0 Å². The predicted octanol–water partition coefficient (Wildman–Crippen LogP) is 2.03. The number of hydrogen-bond donors (Lipinski definition) is 1. The van der Waals surface area contributed by atoms with E-state index in [0.717, 1.165) is 5.75 Å². The van der Waals surface area contributed by atoms with E-state index < -0.39 is 0 Å². The molecule has 0 heterocycles. The fourth-order valence-corrected chi connectivity index (χ4v) is 1.17. The van der Waals surface area contributed by atoms with E-state index in [2.05, 4.69) is 18.7 Å². The van der Waals surface area contributed by atoms with Gasteiger partial charge in [-0.25, -0.2) is 0 Å². The van der Waals surface area contributed by atoms with Gasteiger partial charge < -0.3 is 0 Å². The van der Waals surface area contributed by atoms with Crippen LogP contribution in [0.1, 0.15) is 19.3 Å². The number of allylic oxidation sites excluding steroid dienone is 1. The summed E-state index contributed by atoms with van der Waals surface area (Å²) >= 11 is 4.15. The minimum absolute atomic E-state index is 0.972. The molecule has 0 aromatic carbocycles. The first-order chi connectivity index (χ1) is 3.43. The average molecular weight is 114 g/mol. The molecule has 0 amide bonds. The second-order valence-corrected chi connectivity index (χ2v) is 2.23. The molecule has 0 saturated heterocycles. The Morgan fingerprint density at radius 1 is 1.71 bits per heavy atom. The van der Waals surface area contributed by atoms with E-state index in [-0.39, 0.29) is 0 Å². The van der Waals surface area contributed by atoms with Gasteiger partial charge in [-0.05, 0) is 19.3 Å². The van der Waals surface area contributed by atoms with Crippen LogP contribution in [0.3, 0.4) is 0 Å². The van der Waals surface area contributed by atoms with Crippen molar-refractivity contribution in [2.75, 3.05) is 5.75 Å². The van der Waals surface area contributed by atoms with Gasteiger partial charge in [-0.3, -0.25) is 0 Å². The summed E-state index contributed by atoms with van der Waals surface area (Å²) in [5, 5.41) is 0. The molecule has 1 rings (SSSR count). The van der Waals surface area contributed by atoms with Crippen molar-refractivity contribution in [3.8, 4) is 0 Å². The molecule has 40 valence electrons. The van der Waals surface area contributed by atoms with Crippen molar-refractivity contribution in [2.45, 2.75) is 19.3 Å². The number of thiol groups is 1. The SMILES string of the molecule is SCC1=CCCC1. The molecule has 0 aromatic heterocycles. The first-order valence-electron chi connectivity index (χ1n) is 2.72. The molecule has 7 heavy (non-hydrogen) atoms. The molecular formula is C6H10S. The molecule has 0 unspecified atom stereocenters. The number of rotatable bonds is 1. The fraction of sp³-hybridized carbons (Fsp3) is 0.667. The van der Waals surface area contributed by atoms with Crippen LogP contribution in [0, 0.1) is 0 Å². The summed E-state index contributed by atoms with van der Waals surface area (Å²) in [6.07, 6.45) is 6.24. The van der Waals surface area contributed by atoms with Crippen LogP contribution in [0.5, 0.6) is 0 Å². The molecule has 0 N–H and O–H groups in total. The summed E-state index contributed by atoms with van der Waals surface area (Å²) in [4.78, 5) is 0. The van der Waals surface area contributed by atoms with Gasteiger partial charge in [0.05, 0.1) is 0 Å². The van der Waals surface area contributed by atoms with E-state index in [1.54, 1.807) is 0 Å². The van der Waals surface area contributed by atoms with Gasteiger partial charge in [0.1, 0.15) is 0 Å². The monoisotopic (exact) mass is 114 g/mol. The van der Waals surface area contributed by atoms with Crippen LogP contribution in [0.25, 0.3) is 0 Å². The maximum absolute atomic E-state index is 4.15. The van der Waals surface area contributed by atoms with Crippen LogP contribution in [0.15, 0.2) is 11.6 Å². The van der Waals surface area contributed by atoms with E-state index in [1.165, 1.54) is 24.8 Å². The maximum atomic E-state index is 4.15. The molecule has 0 bridgehead atoms. The molecule has 0 atom stereocenters. The van der Waals surface area contributed by atoms with Gasteiger partial charge in [0, 0.05) is 5.75 Å². The Labute approximate surface area is 50.0 Å². The second-order valence-electron chi connectivity index (χ2n) is 1.91. The molecule has 0 fully saturated rings. The molecule has 1 heteroatoms. The van der Waals surface area contributed by atoms with Crippen molar-refractivity contribution >= 4 is 12.6 Å². The highest BCUT2D eigenvalue weighted by Gasteiger charge is 1.99. The van der Waals surface area contributed by atoms with E-state index in [1.807, 2.05) is 0 Å². The molecule has 0 spiro atoms. The minimum Gasteiger partial charge on any atom is -0.175 e. The lowest BCUT2D eigenvalue weighted by Gasteiger charge is -1.88. The van der Waals surface area contributed by atoms with Crippen LogP contribution in [-0.2, 0) is 0 Å². The van der Waals surface area contributed by atoms with Gasteiger partial charge in [0.2, 0.25) is 0 Å². The molecular weight excluding hydrogens is 104 g/mol. The Hall–Kier alpha value is 0.0900. The number of hydrogen-bond acceptors (Lipinski definition) is 1. The Morgan fingerprint density at radius 3 is 2.86 bits per heavy atom. The van der Waals surface area contributed by atoms with Gasteiger partial charge in [-0.15, -0.1) is 0 Å². The first-order valence-corrected chi connectivity index (χ1v) is 3.35. The Balaban J connectivity index is 2.36. The Bertz CT molecular complexity index is 84.2.